The van der Waals surface area contributed by atoms with Crippen LogP contribution < -0.4 is 15.5 Å². The van der Waals surface area contributed by atoms with Crippen molar-refractivity contribution in [3.63, 3.8) is 0 Å². The number of benzene rings is 3. The Balaban J connectivity index is 1.34. The molecule has 9 nitrogen and oxygen atoms in total. The summed E-state index contributed by atoms with van der Waals surface area (Å²) >= 11 is 1.46. The highest BCUT2D eigenvalue weighted by Crippen LogP contribution is 2.32. The maximum absolute atomic E-state index is 13.6. The number of carbonyl (C=O) groups excluding carboxylic acids is 2. The summed E-state index contributed by atoms with van der Waals surface area (Å²) in [6.45, 7) is 1.67. The van der Waals surface area contributed by atoms with Crippen molar-refractivity contribution in [1.82, 2.24) is 9.97 Å². The molecule has 5 rings (SSSR count). The molecule has 0 unspecified atom stereocenters. The Morgan fingerprint density at radius 2 is 1.60 bits per heavy atom. The number of aliphatic carboxylic acids is 1. The average Bonchev–Trinajstić information content (AvgIpc) is 3.07. The minimum atomic E-state index is -4.49. The van der Waals surface area contributed by atoms with Crippen LogP contribution in [-0.2, 0) is 16.7 Å². The van der Waals surface area contributed by atoms with Crippen molar-refractivity contribution in [2.45, 2.75) is 37.6 Å². The standard InChI is InChI=1S/C34H32F3N5O4S/c35-34(36,37)26-9-5-7-23(17-26)25-19-38-33(39-20-25)41-32(46)28-18-27(42-13-2-1-3-14-42)10-11-29(28)40-31(45)24-8-4-6-22(16-24)21-47-15-12-30(43)44/h4-11,16-20H,1-3,12-15,21H2,(H,40,45)(H,43,44)(H,38,39,41,46). The van der Waals surface area contributed by atoms with E-state index < -0.39 is 29.5 Å². The van der Waals surface area contributed by atoms with Gasteiger partial charge in [0.1, 0.15) is 0 Å². The molecular weight excluding hydrogens is 631 g/mol. The zero-order chi connectivity index (χ0) is 33.4. The number of aromatic nitrogens is 2. The van der Waals surface area contributed by atoms with Gasteiger partial charge >= 0.3 is 12.1 Å². The van der Waals surface area contributed by atoms with Crippen molar-refractivity contribution in [3.8, 4) is 11.1 Å². The molecule has 3 N–H and O–H groups in total. The van der Waals surface area contributed by atoms with Crippen LogP contribution in [0, 0.1) is 0 Å². The second-order valence-electron chi connectivity index (χ2n) is 11.0. The number of nitrogens with zero attached hydrogens (tertiary/aromatic N) is 3. The molecule has 0 saturated carbocycles. The van der Waals surface area contributed by atoms with Crippen LogP contribution in [0.1, 0.15) is 57.5 Å². The number of carbonyl (C=O) groups is 3. The van der Waals surface area contributed by atoms with Crippen LogP contribution in [0.4, 0.5) is 30.5 Å². The molecule has 1 aliphatic heterocycles. The van der Waals surface area contributed by atoms with E-state index in [1.165, 1.54) is 36.3 Å². The Morgan fingerprint density at radius 3 is 2.32 bits per heavy atom. The molecule has 4 aromatic rings. The van der Waals surface area contributed by atoms with E-state index >= 15 is 0 Å². The fraction of sp³-hybridized carbons (Fsp3) is 0.265. The van der Waals surface area contributed by atoms with E-state index in [2.05, 4.69) is 25.5 Å². The minimum Gasteiger partial charge on any atom is -0.481 e. The SMILES string of the molecule is O=C(O)CCSCc1cccc(C(=O)Nc2ccc(N3CCCCC3)cc2C(=O)Nc2ncc(-c3cccc(C(F)(F)F)c3)cn2)c1. The molecule has 0 spiro atoms. The number of piperidine rings is 1. The summed E-state index contributed by atoms with van der Waals surface area (Å²) in [5, 5.41) is 14.3. The van der Waals surface area contributed by atoms with Gasteiger partial charge in [0, 0.05) is 53.8 Å². The summed E-state index contributed by atoms with van der Waals surface area (Å²) in [6, 6.07) is 17.0. The Bertz CT molecular complexity index is 1740. The monoisotopic (exact) mass is 663 g/mol. The van der Waals surface area contributed by atoms with Gasteiger partial charge in [-0.2, -0.15) is 24.9 Å². The molecule has 47 heavy (non-hydrogen) atoms. The molecule has 1 saturated heterocycles. The van der Waals surface area contributed by atoms with Crippen molar-refractivity contribution in [3.05, 3.63) is 101 Å². The molecule has 244 valence electrons. The molecule has 1 fully saturated rings. The Labute approximate surface area is 273 Å². The summed E-state index contributed by atoms with van der Waals surface area (Å²) < 4.78 is 39.5. The molecule has 0 atom stereocenters. The van der Waals surface area contributed by atoms with Gasteiger partial charge in [0.05, 0.1) is 23.2 Å². The number of rotatable bonds is 11. The van der Waals surface area contributed by atoms with E-state index in [0.717, 1.165) is 55.7 Å². The van der Waals surface area contributed by atoms with Crippen LogP contribution in [0.3, 0.4) is 0 Å². The Morgan fingerprint density at radius 1 is 0.851 bits per heavy atom. The van der Waals surface area contributed by atoms with Crippen LogP contribution >= 0.6 is 11.8 Å². The number of carboxylic acid groups (broad SMARTS) is 1. The van der Waals surface area contributed by atoms with Gasteiger partial charge in [-0.05, 0) is 72.9 Å². The number of alkyl halides is 3. The highest BCUT2D eigenvalue weighted by atomic mass is 32.2. The van der Waals surface area contributed by atoms with Crippen molar-refractivity contribution in [2.24, 2.45) is 0 Å². The van der Waals surface area contributed by atoms with E-state index in [-0.39, 0.29) is 29.2 Å². The third-order valence-corrected chi connectivity index (χ3v) is 8.57. The topological polar surface area (TPSA) is 125 Å². The molecule has 0 radical (unpaired) electrons. The first kappa shape index (κ1) is 33.5. The minimum absolute atomic E-state index is 0.0497. The number of amides is 2. The Kier molecular flexibility index (Phi) is 10.8. The van der Waals surface area contributed by atoms with Gasteiger partial charge in [0.15, 0.2) is 0 Å². The van der Waals surface area contributed by atoms with Gasteiger partial charge in [-0.25, -0.2) is 9.97 Å². The molecule has 2 amide bonds. The highest BCUT2D eigenvalue weighted by Gasteiger charge is 2.30. The first-order chi connectivity index (χ1) is 22.6. The fourth-order valence-corrected chi connectivity index (χ4v) is 5.99. The van der Waals surface area contributed by atoms with Crippen LogP contribution in [-0.4, -0.2) is 51.7 Å². The second kappa shape index (κ2) is 15.1. The lowest BCUT2D eigenvalue weighted by Gasteiger charge is -2.29. The Hall–Kier alpha value is -4.91. The molecule has 0 bridgehead atoms. The van der Waals surface area contributed by atoms with E-state index in [1.807, 2.05) is 12.1 Å². The zero-order valence-electron chi connectivity index (χ0n) is 25.2. The van der Waals surface area contributed by atoms with Gasteiger partial charge in [-0.15, -0.1) is 0 Å². The quantitative estimate of drug-likeness (QED) is 0.142. The summed E-state index contributed by atoms with van der Waals surface area (Å²) in [5.41, 5.74) is 2.35. The summed E-state index contributed by atoms with van der Waals surface area (Å²) in [4.78, 5) is 48.2. The molecule has 3 aromatic carbocycles. The number of anilines is 3. The number of nitrogens with one attached hydrogen (secondary N) is 2. The second-order valence-corrected chi connectivity index (χ2v) is 12.1. The molecule has 2 heterocycles. The smallest absolute Gasteiger partial charge is 0.416 e. The molecule has 1 aromatic heterocycles. The summed E-state index contributed by atoms with van der Waals surface area (Å²) in [6.07, 6.45) is 1.40. The molecule has 13 heteroatoms. The van der Waals surface area contributed by atoms with Crippen LogP contribution in [0.15, 0.2) is 79.1 Å². The lowest BCUT2D eigenvalue weighted by molar-refractivity contribution is -0.138. The van der Waals surface area contributed by atoms with Gasteiger partial charge in [-0.3, -0.25) is 19.7 Å². The van der Waals surface area contributed by atoms with Gasteiger partial charge in [-0.1, -0.05) is 24.3 Å². The lowest BCUT2D eigenvalue weighted by atomic mass is 10.1. The van der Waals surface area contributed by atoms with E-state index in [1.54, 1.807) is 30.3 Å². The number of thioether (sulfide) groups is 1. The molecule has 0 aliphatic carbocycles. The number of halogens is 3. The third-order valence-electron chi connectivity index (χ3n) is 7.54. The number of carboxylic acids is 1. The maximum Gasteiger partial charge on any atom is 0.416 e. The number of hydrogen-bond donors (Lipinski definition) is 3. The van der Waals surface area contributed by atoms with E-state index in [4.69, 9.17) is 5.11 Å². The largest absolute Gasteiger partial charge is 0.481 e. The van der Waals surface area contributed by atoms with Gasteiger partial charge in [0.2, 0.25) is 5.95 Å². The first-order valence-corrected chi connectivity index (χ1v) is 16.1. The van der Waals surface area contributed by atoms with Crippen LogP contribution in [0.2, 0.25) is 0 Å². The van der Waals surface area contributed by atoms with Crippen LogP contribution in [0.5, 0.6) is 0 Å². The third kappa shape index (κ3) is 9.09. The van der Waals surface area contributed by atoms with E-state index in [9.17, 15) is 27.6 Å². The predicted octanol–water partition coefficient (Wildman–Crippen LogP) is 7.37. The molecular formula is C34H32F3N5O4S. The first-order valence-electron chi connectivity index (χ1n) is 15.0. The average molecular weight is 664 g/mol. The van der Waals surface area contributed by atoms with Gasteiger partial charge < -0.3 is 15.3 Å². The fourth-order valence-electron chi connectivity index (χ4n) is 5.11. The molecule has 1 aliphatic rings. The van der Waals surface area contributed by atoms with Crippen molar-refractivity contribution < 1.29 is 32.7 Å². The van der Waals surface area contributed by atoms with Crippen LogP contribution in [0.25, 0.3) is 11.1 Å². The highest BCUT2D eigenvalue weighted by molar-refractivity contribution is 7.98. The number of hydrogen-bond acceptors (Lipinski definition) is 7. The normalized spacial score (nSPS) is 13.2. The van der Waals surface area contributed by atoms with Crippen molar-refractivity contribution >= 4 is 46.9 Å². The summed E-state index contributed by atoms with van der Waals surface area (Å²) in [5.74, 6) is -0.932. The lowest BCUT2D eigenvalue weighted by Crippen LogP contribution is -2.29. The predicted molar refractivity (Wildman–Crippen MR) is 176 cm³/mol. The van der Waals surface area contributed by atoms with E-state index in [0.29, 0.717) is 22.6 Å². The van der Waals surface area contributed by atoms with Gasteiger partial charge in [0.25, 0.3) is 11.8 Å². The summed E-state index contributed by atoms with van der Waals surface area (Å²) in [7, 11) is 0. The van der Waals surface area contributed by atoms with Crippen molar-refractivity contribution in [2.75, 3.05) is 34.4 Å². The zero-order valence-corrected chi connectivity index (χ0v) is 26.0. The van der Waals surface area contributed by atoms with Crippen molar-refractivity contribution in [1.29, 1.82) is 0 Å². The maximum atomic E-state index is 13.6.